The van der Waals surface area contributed by atoms with Gasteiger partial charge in [-0.25, -0.2) is 19.7 Å². The number of aromatic nitrogens is 3. The second-order valence-corrected chi connectivity index (χ2v) is 7.08. The van der Waals surface area contributed by atoms with Crippen molar-refractivity contribution in [3.63, 3.8) is 0 Å². The van der Waals surface area contributed by atoms with Gasteiger partial charge in [-0.3, -0.25) is 0 Å². The van der Waals surface area contributed by atoms with Crippen molar-refractivity contribution < 1.29 is 19.4 Å². The molecule has 0 radical (unpaired) electrons. The molecule has 4 aromatic rings. The number of carbonyl (C=O) groups excluding carboxylic acids is 1. The summed E-state index contributed by atoms with van der Waals surface area (Å²) < 4.78 is 10.0. The summed E-state index contributed by atoms with van der Waals surface area (Å²) in [5.74, 6) is 1.33. The van der Waals surface area contributed by atoms with Crippen LogP contribution in [0.1, 0.15) is 15.9 Å². The van der Waals surface area contributed by atoms with Crippen LogP contribution in [-0.4, -0.2) is 40.2 Å². The Labute approximate surface area is 185 Å². The van der Waals surface area contributed by atoms with Crippen molar-refractivity contribution in [2.75, 3.05) is 14.2 Å². The molecule has 0 amide bonds. The summed E-state index contributed by atoms with van der Waals surface area (Å²) in [4.78, 5) is 25.8. The fraction of sp³-hybridized carbons (Fsp3) is 0.120. The van der Waals surface area contributed by atoms with Crippen LogP contribution in [-0.2, 0) is 4.74 Å². The number of carbonyl (C=O) groups is 1. The molecular formula is C25H21N3O4. The normalized spacial score (nSPS) is 10.6. The van der Waals surface area contributed by atoms with Crippen LogP contribution in [0.25, 0.3) is 34.2 Å². The first kappa shape index (κ1) is 21.0. The van der Waals surface area contributed by atoms with E-state index < -0.39 is 5.97 Å². The molecule has 0 spiro atoms. The highest BCUT2D eigenvalue weighted by atomic mass is 16.5. The molecule has 32 heavy (non-hydrogen) atoms. The van der Waals surface area contributed by atoms with Crippen molar-refractivity contribution in [2.24, 2.45) is 0 Å². The molecule has 0 aliphatic rings. The van der Waals surface area contributed by atoms with Gasteiger partial charge in [0.05, 0.1) is 25.3 Å². The number of phenols is 1. The van der Waals surface area contributed by atoms with Crippen molar-refractivity contribution in [1.82, 2.24) is 15.0 Å². The zero-order valence-corrected chi connectivity index (χ0v) is 17.9. The molecule has 0 saturated heterocycles. The number of nitrogens with zero attached hydrogens (tertiary/aromatic N) is 3. The van der Waals surface area contributed by atoms with Gasteiger partial charge in [0.25, 0.3) is 0 Å². The lowest BCUT2D eigenvalue weighted by atomic mass is 10.0. The van der Waals surface area contributed by atoms with E-state index in [1.165, 1.54) is 20.3 Å². The zero-order chi connectivity index (χ0) is 22.7. The fourth-order valence-corrected chi connectivity index (χ4v) is 3.31. The molecule has 4 rings (SSSR count). The van der Waals surface area contributed by atoms with Gasteiger partial charge >= 0.3 is 5.97 Å². The Morgan fingerprint density at radius 2 is 1.50 bits per heavy atom. The van der Waals surface area contributed by atoms with Crippen LogP contribution in [0.15, 0.2) is 66.7 Å². The first-order chi connectivity index (χ1) is 15.5. The maximum Gasteiger partial charge on any atom is 0.338 e. The SMILES string of the molecule is COC(=O)c1ccc(-c2nc(-c3ccccc3)nc(-c3ccc(OC)cc3O)n2)cc1C. The van der Waals surface area contributed by atoms with E-state index in [1.807, 2.05) is 43.3 Å². The smallest absolute Gasteiger partial charge is 0.338 e. The van der Waals surface area contributed by atoms with Crippen LogP contribution < -0.4 is 4.74 Å². The third-order valence-corrected chi connectivity index (χ3v) is 5.00. The molecular weight excluding hydrogens is 406 g/mol. The third-order valence-electron chi connectivity index (χ3n) is 5.00. The molecule has 160 valence electrons. The second kappa shape index (κ2) is 8.85. The molecule has 0 fully saturated rings. The summed E-state index contributed by atoms with van der Waals surface area (Å²) >= 11 is 0. The molecule has 0 atom stereocenters. The highest BCUT2D eigenvalue weighted by Crippen LogP contribution is 2.32. The van der Waals surface area contributed by atoms with Crippen molar-refractivity contribution >= 4 is 5.97 Å². The van der Waals surface area contributed by atoms with Crippen molar-refractivity contribution in [3.05, 3.63) is 77.9 Å². The number of aromatic hydroxyl groups is 1. The third kappa shape index (κ3) is 4.13. The number of ether oxygens (including phenoxy) is 2. The van der Waals surface area contributed by atoms with Crippen LogP contribution in [0, 0.1) is 6.92 Å². The van der Waals surface area contributed by atoms with Gasteiger partial charge in [-0.05, 0) is 36.8 Å². The van der Waals surface area contributed by atoms with Gasteiger partial charge in [-0.1, -0.05) is 36.4 Å². The summed E-state index contributed by atoms with van der Waals surface area (Å²) in [5, 5.41) is 10.5. The Morgan fingerprint density at radius 3 is 2.12 bits per heavy atom. The molecule has 0 aliphatic carbocycles. The van der Waals surface area contributed by atoms with Gasteiger partial charge in [0, 0.05) is 17.2 Å². The lowest BCUT2D eigenvalue weighted by Gasteiger charge is -2.11. The number of methoxy groups -OCH3 is 2. The minimum atomic E-state index is -0.404. The van der Waals surface area contributed by atoms with Gasteiger partial charge < -0.3 is 14.6 Å². The van der Waals surface area contributed by atoms with E-state index in [-0.39, 0.29) is 5.75 Å². The monoisotopic (exact) mass is 427 g/mol. The molecule has 1 N–H and O–H groups in total. The highest BCUT2D eigenvalue weighted by molar-refractivity contribution is 5.91. The van der Waals surface area contributed by atoms with Gasteiger partial charge in [0.1, 0.15) is 11.5 Å². The minimum Gasteiger partial charge on any atom is -0.507 e. The Morgan fingerprint density at radius 1 is 0.812 bits per heavy atom. The van der Waals surface area contributed by atoms with Gasteiger partial charge in [-0.15, -0.1) is 0 Å². The summed E-state index contributed by atoms with van der Waals surface area (Å²) in [5.41, 5.74) is 3.19. The van der Waals surface area contributed by atoms with Crippen LogP contribution in [0.2, 0.25) is 0 Å². The Bertz CT molecular complexity index is 1290. The van der Waals surface area contributed by atoms with Crippen molar-refractivity contribution in [2.45, 2.75) is 6.92 Å². The average Bonchev–Trinajstić information content (AvgIpc) is 2.83. The molecule has 0 unspecified atom stereocenters. The van der Waals surface area contributed by atoms with Gasteiger partial charge in [-0.2, -0.15) is 0 Å². The van der Waals surface area contributed by atoms with E-state index in [0.29, 0.717) is 39.9 Å². The van der Waals surface area contributed by atoms with Crippen molar-refractivity contribution in [1.29, 1.82) is 0 Å². The Hall–Kier alpha value is -4.26. The van der Waals surface area contributed by atoms with E-state index in [9.17, 15) is 9.90 Å². The molecule has 1 aromatic heterocycles. The molecule has 7 heteroatoms. The summed E-state index contributed by atoms with van der Waals surface area (Å²) in [6.45, 7) is 1.82. The Balaban J connectivity index is 1.89. The molecule has 7 nitrogen and oxygen atoms in total. The molecule has 0 bridgehead atoms. The van der Waals surface area contributed by atoms with Crippen LogP contribution in [0.3, 0.4) is 0 Å². The Kier molecular flexibility index (Phi) is 5.81. The number of phenolic OH excluding ortho intramolecular Hbond substituents is 1. The lowest BCUT2D eigenvalue weighted by molar-refractivity contribution is 0.0600. The van der Waals surface area contributed by atoms with E-state index >= 15 is 0 Å². The predicted octanol–water partition coefficient (Wildman–Crippen LogP) is 4.68. The standard InChI is InChI=1S/C25H21N3O4/c1-15-13-17(9-11-19(15)25(30)32-3)23-26-22(16-7-5-4-6-8-16)27-24(28-23)20-12-10-18(31-2)14-21(20)29/h4-14,29H,1-3H3. The minimum absolute atomic E-state index is 0.00210. The fourth-order valence-electron chi connectivity index (χ4n) is 3.31. The zero-order valence-electron chi connectivity index (χ0n) is 17.9. The number of hydrogen-bond donors (Lipinski definition) is 1. The second-order valence-electron chi connectivity index (χ2n) is 7.08. The number of hydrogen-bond acceptors (Lipinski definition) is 7. The van der Waals surface area contributed by atoms with E-state index in [0.717, 1.165) is 11.1 Å². The predicted molar refractivity (Wildman–Crippen MR) is 120 cm³/mol. The van der Waals surface area contributed by atoms with Crippen LogP contribution in [0.5, 0.6) is 11.5 Å². The molecule has 3 aromatic carbocycles. The first-order valence-corrected chi connectivity index (χ1v) is 9.88. The van der Waals surface area contributed by atoms with Crippen LogP contribution >= 0.6 is 0 Å². The van der Waals surface area contributed by atoms with E-state index in [4.69, 9.17) is 9.47 Å². The maximum absolute atomic E-state index is 11.9. The van der Waals surface area contributed by atoms with E-state index in [1.54, 1.807) is 24.3 Å². The number of rotatable bonds is 5. The lowest BCUT2D eigenvalue weighted by Crippen LogP contribution is -2.05. The van der Waals surface area contributed by atoms with E-state index in [2.05, 4.69) is 15.0 Å². The van der Waals surface area contributed by atoms with Gasteiger partial charge in [0.2, 0.25) is 0 Å². The number of benzene rings is 3. The quantitative estimate of drug-likeness (QED) is 0.462. The number of esters is 1. The average molecular weight is 427 g/mol. The summed E-state index contributed by atoms with van der Waals surface area (Å²) in [6.07, 6.45) is 0. The highest BCUT2D eigenvalue weighted by Gasteiger charge is 2.17. The van der Waals surface area contributed by atoms with Crippen molar-refractivity contribution in [3.8, 4) is 45.7 Å². The molecule has 0 aliphatic heterocycles. The maximum atomic E-state index is 11.9. The number of aryl methyl sites for hydroxylation is 1. The topological polar surface area (TPSA) is 94.4 Å². The van der Waals surface area contributed by atoms with Crippen LogP contribution in [0.4, 0.5) is 0 Å². The first-order valence-electron chi connectivity index (χ1n) is 9.88. The summed E-state index contributed by atoms with van der Waals surface area (Å²) in [7, 11) is 2.88. The molecule has 1 heterocycles. The van der Waals surface area contributed by atoms with Gasteiger partial charge in [0.15, 0.2) is 17.5 Å². The summed E-state index contributed by atoms with van der Waals surface area (Å²) in [6, 6.07) is 19.8. The largest absolute Gasteiger partial charge is 0.507 e. The molecule has 0 saturated carbocycles.